The molecule has 0 spiro atoms. The van der Waals surface area contributed by atoms with Gasteiger partial charge in [-0.3, -0.25) is 19.5 Å². The minimum Gasteiger partial charge on any atom is -0.379 e. The second-order valence-electron chi connectivity index (χ2n) is 10.0. The summed E-state index contributed by atoms with van der Waals surface area (Å²) in [7, 11) is 0. The Balaban J connectivity index is 1.01. The zero-order valence-corrected chi connectivity index (χ0v) is 21.1. The zero-order valence-electron chi connectivity index (χ0n) is 21.1. The molecule has 7 heteroatoms. The van der Waals surface area contributed by atoms with E-state index < -0.39 is 0 Å². The van der Waals surface area contributed by atoms with Crippen LogP contribution in [-0.2, 0) is 16.1 Å². The molecule has 4 aromatic rings. The van der Waals surface area contributed by atoms with E-state index in [9.17, 15) is 9.59 Å². The van der Waals surface area contributed by atoms with Crippen molar-refractivity contribution in [3.05, 3.63) is 102 Å². The third-order valence-corrected chi connectivity index (χ3v) is 7.36. The number of pyridine rings is 1. The first-order valence-corrected chi connectivity index (χ1v) is 13.1. The normalized spacial score (nSPS) is 19.2. The van der Waals surface area contributed by atoms with Crippen LogP contribution in [0.4, 0.5) is 11.4 Å². The Labute approximate surface area is 221 Å². The third-order valence-electron chi connectivity index (χ3n) is 7.36. The first-order chi connectivity index (χ1) is 18.6. The van der Waals surface area contributed by atoms with Gasteiger partial charge in [-0.15, -0.1) is 0 Å². The first kappa shape index (κ1) is 24.3. The maximum absolute atomic E-state index is 12.8. The highest BCUT2D eigenvalue weighted by molar-refractivity contribution is 6.04. The van der Waals surface area contributed by atoms with Crippen molar-refractivity contribution in [3.8, 4) is 0 Å². The minimum absolute atomic E-state index is 0.0299. The van der Waals surface area contributed by atoms with E-state index in [1.165, 1.54) is 5.56 Å². The molecule has 6 rings (SSSR count). The van der Waals surface area contributed by atoms with Gasteiger partial charge in [0.25, 0.3) is 5.91 Å². The summed E-state index contributed by atoms with van der Waals surface area (Å²) in [5.74, 6) is 0.00550. The lowest BCUT2D eigenvalue weighted by atomic mass is 10.1. The summed E-state index contributed by atoms with van der Waals surface area (Å²) in [6.45, 7) is 4.35. The van der Waals surface area contributed by atoms with E-state index in [0.29, 0.717) is 5.56 Å². The van der Waals surface area contributed by atoms with E-state index in [1.807, 2.05) is 66.9 Å². The predicted molar refractivity (Wildman–Crippen MR) is 148 cm³/mol. The van der Waals surface area contributed by atoms with Crippen molar-refractivity contribution >= 4 is 34.0 Å². The van der Waals surface area contributed by atoms with E-state index in [0.717, 1.165) is 67.0 Å². The molecule has 2 aliphatic rings. The summed E-state index contributed by atoms with van der Waals surface area (Å²) >= 11 is 0. The average molecular weight is 507 g/mol. The Morgan fingerprint density at radius 3 is 2.42 bits per heavy atom. The lowest BCUT2D eigenvalue weighted by Crippen LogP contribution is -2.35. The maximum atomic E-state index is 12.8. The number of anilines is 2. The molecule has 3 aromatic carbocycles. The summed E-state index contributed by atoms with van der Waals surface area (Å²) in [4.78, 5) is 32.1. The van der Waals surface area contributed by atoms with E-state index >= 15 is 0 Å². The molecule has 1 saturated heterocycles. The highest BCUT2D eigenvalue weighted by Crippen LogP contribution is 2.48. The fraction of sp³-hybridized carbons (Fsp3) is 0.258. The van der Waals surface area contributed by atoms with Crippen LogP contribution in [0.3, 0.4) is 0 Å². The lowest BCUT2D eigenvalue weighted by molar-refractivity contribution is -0.117. The van der Waals surface area contributed by atoms with Gasteiger partial charge in [-0.1, -0.05) is 30.3 Å². The third kappa shape index (κ3) is 5.59. The van der Waals surface area contributed by atoms with Crippen molar-refractivity contribution in [1.82, 2.24) is 9.88 Å². The number of hydrogen-bond donors (Lipinski definition) is 2. The predicted octanol–water partition coefficient (Wildman–Crippen LogP) is 5.06. The minimum atomic E-state index is -0.144. The fourth-order valence-corrected chi connectivity index (χ4v) is 5.05. The van der Waals surface area contributed by atoms with E-state index in [1.54, 1.807) is 6.20 Å². The number of aromatic nitrogens is 1. The molecule has 2 fully saturated rings. The van der Waals surface area contributed by atoms with E-state index in [2.05, 4.69) is 32.7 Å². The molecule has 1 unspecified atom stereocenters. The number of amides is 2. The number of hydrogen-bond acceptors (Lipinski definition) is 5. The molecule has 1 saturated carbocycles. The number of ether oxygens (including phenoxy) is 1. The summed E-state index contributed by atoms with van der Waals surface area (Å²) in [5, 5.41) is 8.11. The first-order valence-electron chi connectivity index (χ1n) is 13.1. The molecule has 38 heavy (non-hydrogen) atoms. The van der Waals surface area contributed by atoms with Crippen LogP contribution in [-0.4, -0.2) is 48.0 Å². The van der Waals surface area contributed by atoms with E-state index in [-0.39, 0.29) is 23.7 Å². The Morgan fingerprint density at radius 2 is 1.63 bits per heavy atom. The molecular weight excluding hydrogens is 476 g/mol. The van der Waals surface area contributed by atoms with Gasteiger partial charge in [0.15, 0.2) is 0 Å². The number of rotatable bonds is 7. The van der Waals surface area contributed by atoms with Gasteiger partial charge in [0, 0.05) is 60.3 Å². The quantitative estimate of drug-likeness (QED) is 0.366. The second kappa shape index (κ2) is 10.7. The monoisotopic (exact) mass is 506 g/mol. The van der Waals surface area contributed by atoms with Gasteiger partial charge in [-0.05, 0) is 71.3 Å². The number of nitrogens with zero attached hydrogens (tertiary/aromatic N) is 2. The van der Waals surface area contributed by atoms with Gasteiger partial charge in [0.05, 0.1) is 13.2 Å². The van der Waals surface area contributed by atoms with Crippen LogP contribution >= 0.6 is 0 Å². The van der Waals surface area contributed by atoms with Crippen LogP contribution in [0, 0.1) is 5.92 Å². The molecule has 2 heterocycles. The van der Waals surface area contributed by atoms with Gasteiger partial charge in [0.2, 0.25) is 5.91 Å². The molecule has 7 nitrogen and oxygen atoms in total. The van der Waals surface area contributed by atoms with Gasteiger partial charge < -0.3 is 15.4 Å². The molecule has 2 atom stereocenters. The Bertz CT molecular complexity index is 1450. The van der Waals surface area contributed by atoms with Gasteiger partial charge in [-0.2, -0.15) is 0 Å². The van der Waals surface area contributed by atoms with Crippen molar-refractivity contribution in [2.75, 3.05) is 36.9 Å². The number of fused-ring (bicyclic) bond motifs is 1. The summed E-state index contributed by atoms with van der Waals surface area (Å²) in [5.41, 5.74) is 4.46. The molecule has 1 aliphatic heterocycles. The van der Waals surface area contributed by atoms with Gasteiger partial charge in [0.1, 0.15) is 0 Å². The van der Waals surface area contributed by atoms with Crippen LogP contribution in [0.2, 0.25) is 0 Å². The maximum Gasteiger partial charge on any atom is 0.255 e. The Hall–Kier alpha value is -4.07. The van der Waals surface area contributed by atoms with Crippen molar-refractivity contribution in [1.29, 1.82) is 0 Å². The van der Waals surface area contributed by atoms with Crippen LogP contribution in [0.25, 0.3) is 10.8 Å². The van der Waals surface area contributed by atoms with Gasteiger partial charge in [-0.25, -0.2) is 0 Å². The standard InChI is InChI=1S/C31H30N4O3/c36-30(33-26-8-1-21(2-9-26)20-35-13-15-38-16-14-35)23-5-3-22(4-6-23)28-18-29(28)31(37)34-27-10-7-25-19-32-12-11-24(25)17-27/h1-12,17,19,28-29H,13-16,18,20H2,(H,33,36)(H,34,37)/t28-,29?/m0/s1. The highest BCUT2D eigenvalue weighted by Gasteiger charge is 2.43. The molecule has 0 bridgehead atoms. The smallest absolute Gasteiger partial charge is 0.255 e. The molecule has 2 N–H and O–H groups in total. The second-order valence-corrected chi connectivity index (χ2v) is 10.0. The molecule has 192 valence electrons. The molecule has 0 radical (unpaired) electrons. The van der Waals surface area contributed by atoms with Crippen molar-refractivity contribution < 1.29 is 14.3 Å². The Morgan fingerprint density at radius 1 is 0.868 bits per heavy atom. The molecule has 2 amide bonds. The topological polar surface area (TPSA) is 83.6 Å². The number of nitrogens with one attached hydrogen (secondary N) is 2. The fourth-order valence-electron chi connectivity index (χ4n) is 5.05. The van der Waals surface area contributed by atoms with Crippen LogP contribution in [0.5, 0.6) is 0 Å². The number of morpholine rings is 1. The van der Waals surface area contributed by atoms with Crippen LogP contribution < -0.4 is 10.6 Å². The van der Waals surface area contributed by atoms with Crippen molar-refractivity contribution in [3.63, 3.8) is 0 Å². The molecule has 1 aromatic heterocycles. The SMILES string of the molecule is O=C(Nc1ccc(CN2CCOCC2)cc1)c1ccc([C@@H]2CC2C(=O)Nc2ccc3cnccc3c2)cc1. The Kier molecular flexibility index (Phi) is 6.86. The summed E-state index contributed by atoms with van der Waals surface area (Å²) in [6.07, 6.45) is 4.37. The zero-order chi connectivity index (χ0) is 25.9. The number of carbonyl (C=O) groups excluding carboxylic acids is 2. The van der Waals surface area contributed by atoms with Crippen LogP contribution in [0.15, 0.2) is 85.2 Å². The van der Waals surface area contributed by atoms with E-state index in [4.69, 9.17) is 4.74 Å². The molecular formula is C31H30N4O3. The summed E-state index contributed by atoms with van der Waals surface area (Å²) < 4.78 is 5.41. The summed E-state index contributed by atoms with van der Waals surface area (Å²) in [6, 6.07) is 23.4. The van der Waals surface area contributed by atoms with Crippen molar-refractivity contribution in [2.45, 2.75) is 18.9 Å². The average Bonchev–Trinajstić information content (AvgIpc) is 3.76. The number of carbonyl (C=O) groups is 2. The lowest BCUT2D eigenvalue weighted by Gasteiger charge is -2.26. The van der Waals surface area contributed by atoms with Gasteiger partial charge >= 0.3 is 0 Å². The number of benzene rings is 3. The molecule has 1 aliphatic carbocycles. The highest BCUT2D eigenvalue weighted by atomic mass is 16.5. The van der Waals surface area contributed by atoms with Crippen LogP contribution in [0.1, 0.15) is 33.8 Å². The largest absolute Gasteiger partial charge is 0.379 e. The van der Waals surface area contributed by atoms with Crippen molar-refractivity contribution in [2.24, 2.45) is 5.92 Å².